The van der Waals surface area contributed by atoms with Crippen LogP contribution in [0.25, 0.3) is 0 Å². The minimum absolute atomic E-state index is 0.0823. The lowest BCUT2D eigenvalue weighted by molar-refractivity contribution is -0.0512. The predicted octanol–water partition coefficient (Wildman–Crippen LogP) is 3.08. The van der Waals surface area contributed by atoms with Gasteiger partial charge in [0.2, 0.25) is 0 Å². The van der Waals surface area contributed by atoms with E-state index in [9.17, 15) is 8.78 Å². The van der Waals surface area contributed by atoms with E-state index in [1.165, 1.54) is 7.11 Å². The molecule has 0 fully saturated rings. The zero-order valence-electron chi connectivity index (χ0n) is 11.6. The van der Waals surface area contributed by atoms with Crippen LogP contribution < -0.4 is 14.8 Å². The third-order valence-electron chi connectivity index (χ3n) is 2.59. The Balaban J connectivity index is 2.59. The highest BCUT2D eigenvalue weighted by Crippen LogP contribution is 2.29. The molecule has 0 saturated carbocycles. The van der Waals surface area contributed by atoms with E-state index in [0.717, 1.165) is 25.1 Å². The Kier molecular flexibility index (Phi) is 6.56. The van der Waals surface area contributed by atoms with Crippen LogP contribution in [0.4, 0.5) is 8.78 Å². The summed E-state index contributed by atoms with van der Waals surface area (Å²) in [6.45, 7) is 3.17. The fourth-order valence-electron chi connectivity index (χ4n) is 1.69. The average molecular weight is 273 g/mol. The van der Waals surface area contributed by atoms with E-state index in [1.54, 1.807) is 12.1 Å². The van der Waals surface area contributed by atoms with Crippen LogP contribution in [-0.4, -0.2) is 26.8 Å². The molecule has 0 aliphatic rings. The van der Waals surface area contributed by atoms with Gasteiger partial charge in [-0.15, -0.1) is 0 Å². The second kappa shape index (κ2) is 7.94. The topological polar surface area (TPSA) is 30.5 Å². The lowest BCUT2D eigenvalue weighted by Crippen LogP contribution is -2.22. The third kappa shape index (κ3) is 5.87. The molecule has 1 aromatic carbocycles. The van der Waals surface area contributed by atoms with Crippen molar-refractivity contribution in [2.75, 3.05) is 20.2 Å². The number of methoxy groups -OCH3 is 1. The van der Waals surface area contributed by atoms with Crippen LogP contribution in [0.1, 0.15) is 19.4 Å². The lowest BCUT2D eigenvalue weighted by Gasteiger charge is -2.12. The van der Waals surface area contributed by atoms with Gasteiger partial charge in [-0.05, 0) is 43.1 Å². The standard InChI is InChI=1S/C14H21F2NO2/c1-10(2)9-17-7-6-11-4-5-12(18-3)13(8-11)19-14(15)16/h4-5,8,10,14,17H,6-7,9H2,1-3H3. The smallest absolute Gasteiger partial charge is 0.387 e. The molecule has 0 atom stereocenters. The van der Waals surface area contributed by atoms with Gasteiger partial charge in [-0.2, -0.15) is 8.78 Å². The molecule has 1 aromatic rings. The molecule has 0 unspecified atom stereocenters. The fourth-order valence-corrected chi connectivity index (χ4v) is 1.69. The molecule has 19 heavy (non-hydrogen) atoms. The maximum Gasteiger partial charge on any atom is 0.387 e. The molecule has 0 amide bonds. The Bertz CT molecular complexity index is 384. The number of hydrogen-bond acceptors (Lipinski definition) is 3. The van der Waals surface area contributed by atoms with E-state index in [4.69, 9.17) is 4.74 Å². The average Bonchev–Trinajstić information content (AvgIpc) is 2.34. The number of hydrogen-bond donors (Lipinski definition) is 1. The van der Waals surface area contributed by atoms with Crippen molar-refractivity contribution in [1.82, 2.24) is 5.32 Å². The van der Waals surface area contributed by atoms with Gasteiger partial charge in [0, 0.05) is 0 Å². The second-order valence-electron chi connectivity index (χ2n) is 4.71. The van der Waals surface area contributed by atoms with Crippen LogP contribution in [0.5, 0.6) is 11.5 Å². The normalized spacial score (nSPS) is 11.1. The molecule has 0 radical (unpaired) electrons. The van der Waals surface area contributed by atoms with E-state index >= 15 is 0 Å². The molecule has 0 aliphatic heterocycles. The van der Waals surface area contributed by atoms with Gasteiger partial charge in [0.25, 0.3) is 0 Å². The summed E-state index contributed by atoms with van der Waals surface area (Å²) in [5.41, 5.74) is 0.938. The van der Waals surface area contributed by atoms with Gasteiger partial charge in [0.1, 0.15) is 0 Å². The molecule has 3 nitrogen and oxygen atoms in total. The maximum atomic E-state index is 12.3. The Morgan fingerprint density at radius 3 is 2.53 bits per heavy atom. The zero-order valence-corrected chi connectivity index (χ0v) is 11.6. The molecule has 1 rings (SSSR count). The van der Waals surface area contributed by atoms with Crippen molar-refractivity contribution in [2.45, 2.75) is 26.9 Å². The largest absolute Gasteiger partial charge is 0.493 e. The minimum atomic E-state index is -2.84. The predicted molar refractivity (Wildman–Crippen MR) is 71.0 cm³/mol. The highest BCUT2D eigenvalue weighted by molar-refractivity contribution is 5.43. The number of rotatable bonds is 8. The molecular formula is C14H21F2NO2. The molecular weight excluding hydrogens is 252 g/mol. The Morgan fingerprint density at radius 2 is 1.95 bits per heavy atom. The van der Waals surface area contributed by atoms with Crippen LogP contribution >= 0.6 is 0 Å². The molecule has 1 N–H and O–H groups in total. The first-order valence-corrected chi connectivity index (χ1v) is 6.35. The van der Waals surface area contributed by atoms with Crippen LogP contribution in [0.15, 0.2) is 18.2 Å². The number of benzene rings is 1. The Morgan fingerprint density at radius 1 is 1.21 bits per heavy atom. The summed E-state index contributed by atoms with van der Waals surface area (Å²) >= 11 is 0. The summed E-state index contributed by atoms with van der Waals surface area (Å²) in [7, 11) is 1.43. The molecule has 0 saturated heterocycles. The van der Waals surface area contributed by atoms with Crippen LogP contribution in [0.2, 0.25) is 0 Å². The number of halogens is 2. The molecule has 108 valence electrons. The number of alkyl halides is 2. The third-order valence-corrected chi connectivity index (χ3v) is 2.59. The second-order valence-corrected chi connectivity index (χ2v) is 4.71. The van der Waals surface area contributed by atoms with E-state index in [2.05, 4.69) is 23.9 Å². The first-order chi connectivity index (χ1) is 9.02. The summed E-state index contributed by atoms with van der Waals surface area (Å²) < 4.78 is 34.0. The van der Waals surface area contributed by atoms with Gasteiger partial charge < -0.3 is 14.8 Å². The number of nitrogens with one attached hydrogen (secondary N) is 1. The van der Waals surface area contributed by atoms with Crippen LogP contribution in [-0.2, 0) is 6.42 Å². The highest BCUT2D eigenvalue weighted by atomic mass is 19.3. The highest BCUT2D eigenvalue weighted by Gasteiger charge is 2.11. The maximum absolute atomic E-state index is 12.3. The van der Waals surface area contributed by atoms with Crippen molar-refractivity contribution in [1.29, 1.82) is 0 Å². The van der Waals surface area contributed by atoms with Crippen molar-refractivity contribution in [3.63, 3.8) is 0 Å². The van der Waals surface area contributed by atoms with Crippen molar-refractivity contribution in [2.24, 2.45) is 5.92 Å². The van der Waals surface area contributed by atoms with Crippen LogP contribution in [0.3, 0.4) is 0 Å². The summed E-state index contributed by atoms with van der Waals surface area (Å²) in [5, 5.41) is 3.30. The molecule has 0 heterocycles. The van der Waals surface area contributed by atoms with Gasteiger partial charge in [-0.1, -0.05) is 19.9 Å². The van der Waals surface area contributed by atoms with E-state index in [1.807, 2.05) is 6.07 Å². The molecule has 0 aliphatic carbocycles. The Labute approximate surface area is 112 Å². The quantitative estimate of drug-likeness (QED) is 0.738. The van der Waals surface area contributed by atoms with Crippen LogP contribution in [0, 0.1) is 5.92 Å². The SMILES string of the molecule is COc1ccc(CCNCC(C)C)cc1OC(F)F. The van der Waals surface area contributed by atoms with Gasteiger partial charge in [-0.25, -0.2) is 0 Å². The first kappa shape index (κ1) is 15.7. The fraction of sp³-hybridized carbons (Fsp3) is 0.571. The van der Waals surface area contributed by atoms with Crippen molar-refractivity contribution in [3.05, 3.63) is 23.8 Å². The van der Waals surface area contributed by atoms with E-state index in [-0.39, 0.29) is 5.75 Å². The van der Waals surface area contributed by atoms with E-state index < -0.39 is 6.61 Å². The molecule has 5 heteroatoms. The summed E-state index contributed by atoms with van der Waals surface area (Å²) in [4.78, 5) is 0. The number of ether oxygens (including phenoxy) is 2. The molecule has 0 aromatic heterocycles. The minimum Gasteiger partial charge on any atom is -0.493 e. The van der Waals surface area contributed by atoms with Gasteiger partial charge in [0.15, 0.2) is 11.5 Å². The Hall–Kier alpha value is -1.36. The van der Waals surface area contributed by atoms with Gasteiger partial charge in [-0.3, -0.25) is 0 Å². The summed E-state index contributed by atoms with van der Waals surface area (Å²) in [6.07, 6.45) is 0.760. The van der Waals surface area contributed by atoms with Gasteiger partial charge >= 0.3 is 6.61 Å². The lowest BCUT2D eigenvalue weighted by atomic mass is 10.1. The summed E-state index contributed by atoms with van der Waals surface area (Å²) in [6, 6.07) is 5.10. The van der Waals surface area contributed by atoms with E-state index in [0.29, 0.717) is 11.7 Å². The van der Waals surface area contributed by atoms with Crippen molar-refractivity contribution < 1.29 is 18.3 Å². The van der Waals surface area contributed by atoms with Crippen molar-refractivity contribution in [3.8, 4) is 11.5 Å². The summed E-state index contributed by atoms with van der Waals surface area (Å²) in [5.74, 6) is 0.992. The monoisotopic (exact) mass is 273 g/mol. The van der Waals surface area contributed by atoms with Crippen molar-refractivity contribution >= 4 is 0 Å². The van der Waals surface area contributed by atoms with Gasteiger partial charge in [0.05, 0.1) is 7.11 Å². The molecule has 0 spiro atoms. The zero-order chi connectivity index (χ0) is 14.3. The molecule has 0 bridgehead atoms. The first-order valence-electron chi connectivity index (χ1n) is 6.35.